The van der Waals surface area contributed by atoms with Crippen LogP contribution in [0.5, 0.6) is 0 Å². The van der Waals surface area contributed by atoms with Gasteiger partial charge in [0.2, 0.25) is 11.8 Å². The standard InChI is InChI=1S/C30H47N3O7/c1-36-23-8-5-19-26(29(23)37-2)30(35)33-21-6-4-17(12-20(21)18-9-10-31-27(19)28(18)33)38-14-25(34)32-13-16-3-7-22-24(11-16)40-15-39-22/h16-24,26-29,31H,3-15H2,1-2H3,(H,32,34). The fourth-order valence-corrected chi connectivity index (χ4v) is 9.94. The molecule has 4 heterocycles. The Balaban J connectivity index is 0.962. The van der Waals surface area contributed by atoms with Crippen LogP contribution in [0, 0.1) is 29.6 Å². The zero-order valence-corrected chi connectivity index (χ0v) is 24.0. The van der Waals surface area contributed by atoms with Crippen LogP contribution in [0.1, 0.15) is 57.8 Å². The molecule has 13 unspecified atom stereocenters. The van der Waals surface area contributed by atoms with Crippen LogP contribution in [0.3, 0.4) is 0 Å². The van der Waals surface area contributed by atoms with Gasteiger partial charge in [-0.2, -0.15) is 0 Å². The lowest BCUT2D eigenvalue weighted by molar-refractivity contribution is -0.175. The fourth-order valence-electron chi connectivity index (χ4n) is 9.94. The van der Waals surface area contributed by atoms with Crippen molar-refractivity contribution in [2.75, 3.05) is 40.7 Å². The van der Waals surface area contributed by atoms with Gasteiger partial charge < -0.3 is 39.2 Å². The predicted molar refractivity (Wildman–Crippen MR) is 144 cm³/mol. The average molecular weight is 562 g/mol. The minimum absolute atomic E-state index is 0.0279. The lowest BCUT2D eigenvalue weighted by Crippen LogP contribution is -2.70. The number of carbonyl (C=O) groups is 2. The van der Waals surface area contributed by atoms with E-state index in [1.165, 1.54) is 0 Å². The van der Waals surface area contributed by atoms with Crippen LogP contribution >= 0.6 is 0 Å². The van der Waals surface area contributed by atoms with Gasteiger partial charge in [0.15, 0.2) is 0 Å². The molecule has 10 nitrogen and oxygen atoms in total. The number of ether oxygens (including phenoxy) is 5. The van der Waals surface area contributed by atoms with Gasteiger partial charge in [0.05, 0.1) is 42.5 Å². The number of nitrogens with one attached hydrogen (secondary N) is 2. The molecule has 7 aliphatic rings. The number of rotatable bonds is 7. The number of amides is 2. The summed E-state index contributed by atoms with van der Waals surface area (Å²) in [6, 6.07) is 0.848. The first-order valence-corrected chi connectivity index (χ1v) is 15.8. The molecular weight excluding hydrogens is 514 g/mol. The van der Waals surface area contributed by atoms with Gasteiger partial charge in [0.25, 0.3) is 0 Å². The first-order chi connectivity index (χ1) is 19.6. The smallest absolute Gasteiger partial charge is 0.246 e. The van der Waals surface area contributed by atoms with Crippen molar-refractivity contribution in [2.45, 2.75) is 106 Å². The highest BCUT2D eigenvalue weighted by Crippen LogP contribution is 2.54. The van der Waals surface area contributed by atoms with E-state index >= 15 is 0 Å². The summed E-state index contributed by atoms with van der Waals surface area (Å²) in [5.41, 5.74) is 0. The number of nitrogens with zero attached hydrogens (tertiary/aromatic N) is 1. The maximum absolute atomic E-state index is 14.2. The van der Waals surface area contributed by atoms with E-state index in [1.807, 2.05) is 0 Å². The summed E-state index contributed by atoms with van der Waals surface area (Å²) in [5, 5.41) is 6.95. The number of methoxy groups -OCH3 is 2. The van der Waals surface area contributed by atoms with Gasteiger partial charge in [-0.3, -0.25) is 9.59 Å². The quantitative estimate of drug-likeness (QED) is 0.481. The van der Waals surface area contributed by atoms with Crippen LogP contribution < -0.4 is 10.6 Å². The van der Waals surface area contributed by atoms with Crippen LogP contribution in [0.4, 0.5) is 0 Å². The highest BCUT2D eigenvalue weighted by Gasteiger charge is 2.64. The van der Waals surface area contributed by atoms with Gasteiger partial charge in [0.1, 0.15) is 13.4 Å². The second-order valence-electron chi connectivity index (χ2n) is 13.4. The van der Waals surface area contributed by atoms with Gasteiger partial charge in [-0.25, -0.2) is 0 Å². The molecular formula is C30H47N3O7. The molecule has 4 saturated heterocycles. The molecule has 7 fully saturated rings. The van der Waals surface area contributed by atoms with Crippen molar-refractivity contribution in [3.8, 4) is 0 Å². The molecule has 4 aliphatic heterocycles. The molecule has 0 radical (unpaired) electrons. The summed E-state index contributed by atoms with van der Waals surface area (Å²) in [6.07, 6.45) is 9.09. The predicted octanol–water partition coefficient (Wildman–Crippen LogP) is 1.46. The molecule has 0 aromatic heterocycles. The lowest BCUT2D eigenvalue weighted by Gasteiger charge is -2.55. The SMILES string of the molecule is COC1CCC2C3NCCC4C5CC(OCC(=O)NCC6CCC7OCOC7C6)CCC5N(C(=O)C2C1OC)C43. The van der Waals surface area contributed by atoms with Crippen molar-refractivity contribution in [2.24, 2.45) is 29.6 Å². The lowest BCUT2D eigenvalue weighted by atomic mass is 9.64. The monoisotopic (exact) mass is 561 g/mol. The summed E-state index contributed by atoms with van der Waals surface area (Å²) >= 11 is 0. The van der Waals surface area contributed by atoms with Crippen molar-refractivity contribution >= 4 is 11.8 Å². The van der Waals surface area contributed by atoms with E-state index in [2.05, 4.69) is 15.5 Å². The Morgan fingerprint density at radius 1 is 0.975 bits per heavy atom. The maximum Gasteiger partial charge on any atom is 0.246 e. The molecule has 13 atom stereocenters. The summed E-state index contributed by atoms with van der Waals surface area (Å²) in [4.78, 5) is 29.2. The zero-order chi connectivity index (χ0) is 27.4. The third-order valence-electron chi connectivity index (χ3n) is 11.7. The van der Waals surface area contributed by atoms with E-state index in [9.17, 15) is 9.59 Å². The Hall–Kier alpha value is -1.30. The molecule has 40 heavy (non-hydrogen) atoms. The Morgan fingerprint density at radius 2 is 1.85 bits per heavy atom. The third-order valence-corrected chi connectivity index (χ3v) is 11.7. The van der Waals surface area contributed by atoms with Gasteiger partial charge in [-0.15, -0.1) is 0 Å². The van der Waals surface area contributed by atoms with Crippen molar-refractivity contribution in [3.63, 3.8) is 0 Å². The normalized spacial score (nSPS) is 47.7. The highest BCUT2D eigenvalue weighted by atomic mass is 16.7. The summed E-state index contributed by atoms with van der Waals surface area (Å²) in [7, 11) is 3.46. The Bertz CT molecular complexity index is 952. The van der Waals surface area contributed by atoms with E-state index in [4.69, 9.17) is 23.7 Å². The molecule has 3 aliphatic carbocycles. The molecule has 0 spiro atoms. The number of piperidine rings is 2. The number of carbonyl (C=O) groups excluding carboxylic acids is 2. The Morgan fingerprint density at radius 3 is 2.70 bits per heavy atom. The molecule has 10 heteroatoms. The van der Waals surface area contributed by atoms with Crippen molar-refractivity contribution < 1.29 is 33.3 Å². The molecule has 0 aromatic rings. The minimum Gasteiger partial charge on any atom is -0.379 e. The molecule has 224 valence electrons. The molecule has 3 saturated carbocycles. The first-order valence-electron chi connectivity index (χ1n) is 15.8. The van der Waals surface area contributed by atoms with Crippen LogP contribution in [-0.4, -0.2) is 106 Å². The van der Waals surface area contributed by atoms with Crippen LogP contribution in [0.2, 0.25) is 0 Å². The third kappa shape index (κ3) is 4.71. The second kappa shape index (κ2) is 11.4. The molecule has 2 N–H and O–H groups in total. The molecule has 0 aromatic carbocycles. The van der Waals surface area contributed by atoms with Crippen LogP contribution in [-0.2, 0) is 33.3 Å². The van der Waals surface area contributed by atoms with E-state index in [0.29, 0.717) is 43.1 Å². The number of hydrogen-bond acceptors (Lipinski definition) is 8. The second-order valence-corrected chi connectivity index (χ2v) is 13.4. The Labute approximate surface area is 237 Å². The minimum atomic E-state index is -0.189. The first kappa shape index (κ1) is 27.5. The van der Waals surface area contributed by atoms with Gasteiger partial charge in [-0.1, -0.05) is 0 Å². The van der Waals surface area contributed by atoms with Crippen molar-refractivity contribution in [3.05, 3.63) is 0 Å². The summed E-state index contributed by atoms with van der Waals surface area (Å²) < 4.78 is 29.2. The van der Waals surface area contributed by atoms with E-state index in [1.54, 1.807) is 14.2 Å². The zero-order valence-electron chi connectivity index (χ0n) is 24.0. The van der Waals surface area contributed by atoms with Gasteiger partial charge >= 0.3 is 0 Å². The van der Waals surface area contributed by atoms with E-state index in [0.717, 1.165) is 64.3 Å². The summed E-state index contributed by atoms with van der Waals surface area (Å²) in [6.45, 7) is 2.19. The van der Waals surface area contributed by atoms with Gasteiger partial charge in [-0.05, 0) is 88.0 Å². The highest BCUT2D eigenvalue weighted by molar-refractivity contribution is 5.83. The summed E-state index contributed by atoms with van der Waals surface area (Å²) in [5.74, 6) is 1.77. The molecule has 0 bridgehead atoms. The van der Waals surface area contributed by atoms with Crippen molar-refractivity contribution in [1.29, 1.82) is 0 Å². The average Bonchev–Trinajstić information content (AvgIpc) is 3.59. The van der Waals surface area contributed by atoms with Crippen molar-refractivity contribution in [1.82, 2.24) is 15.5 Å². The van der Waals surface area contributed by atoms with Crippen LogP contribution in [0.25, 0.3) is 0 Å². The molecule has 7 rings (SSSR count). The van der Waals surface area contributed by atoms with E-state index < -0.39 is 0 Å². The van der Waals surface area contributed by atoms with Crippen LogP contribution in [0.15, 0.2) is 0 Å². The van der Waals surface area contributed by atoms with E-state index in [-0.39, 0.29) is 66.9 Å². The topological polar surface area (TPSA) is 108 Å². The molecule has 2 amide bonds. The van der Waals surface area contributed by atoms with Gasteiger partial charge in [0, 0.05) is 32.8 Å². The maximum atomic E-state index is 14.2. The number of fused-ring (bicyclic) bond motifs is 6. The number of hydrogen-bond donors (Lipinski definition) is 2. The fraction of sp³-hybridized carbons (Fsp3) is 0.933. The largest absolute Gasteiger partial charge is 0.379 e. The Kier molecular flexibility index (Phi) is 7.85.